The van der Waals surface area contributed by atoms with E-state index in [1.165, 1.54) is 18.5 Å². The third-order valence-corrected chi connectivity index (χ3v) is 4.38. The number of nitrogens with two attached hydrogens (primary N) is 1. The summed E-state index contributed by atoms with van der Waals surface area (Å²) in [5.41, 5.74) is 7.21. The highest BCUT2D eigenvalue weighted by Crippen LogP contribution is 2.29. The van der Waals surface area contributed by atoms with Crippen molar-refractivity contribution in [2.45, 2.75) is 32.7 Å². The second-order valence-corrected chi connectivity index (χ2v) is 5.80. The van der Waals surface area contributed by atoms with E-state index >= 15 is 0 Å². The zero-order chi connectivity index (χ0) is 13.1. The van der Waals surface area contributed by atoms with Gasteiger partial charge in [0.25, 0.3) is 0 Å². The number of imidazole rings is 1. The van der Waals surface area contributed by atoms with Crippen molar-refractivity contribution >= 4 is 0 Å². The van der Waals surface area contributed by atoms with Crippen molar-refractivity contribution in [1.29, 1.82) is 0 Å². The maximum atomic E-state index is 5.98. The van der Waals surface area contributed by atoms with Crippen LogP contribution in [0.25, 0.3) is 0 Å². The maximum absolute atomic E-state index is 5.98. The normalized spacial score (nSPS) is 20.5. The Bertz CT molecular complexity index is 364. The number of likely N-dealkylation sites (tertiary alicyclic amines) is 1. The van der Waals surface area contributed by atoms with Crippen LogP contribution < -0.4 is 5.73 Å². The summed E-state index contributed by atoms with van der Waals surface area (Å²) in [7, 11) is 2.05. The molecule has 2 heterocycles. The minimum absolute atomic E-state index is 0.325. The van der Waals surface area contributed by atoms with Gasteiger partial charge in [-0.05, 0) is 37.8 Å². The van der Waals surface area contributed by atoms with Crippen LogP contribution in [0.1, 0.15) is 38.4 Å². The molecule has 0 bridgehead atoms. The fourth-order valence-corrected chi connectivity index (χ4v) is 3.04. The lowest BCUT2D eigenvalue weighted by Crippen LogP contribution is -2.41. The van der Waals surface area contributed by atoms with Crippen LogP contribution in [0.5, 0.6) is 0 Å². The molecule has 1 aliphatic heterocycles. The van der Waals surface area contributed by atoms with Crippen molar-refractivity contribution in [3.05, 3.63) is 18.2 Å². The van der Waals surface area contributed by atoms with Gasteiger partial charge in [0.2, 0.25) is 0 Å². The fourth-order valence-electron chi connectivity index (χ4n) is 3.04. The number of hydrogen-bond acceptors (Lipinski definition) is 3. The summed E-state index contributed by atoms with van der Waals surface area (Å²) >= 11 is 0. The average molecular weight is 250 g/mol. The summed E-state index contributed by atoms with van der Waals surface area (Å²) in [5, 5.41) is 0. The molecule has 0 amide bonds. The largest absolute Gasteiger partial charge is 0.336 e. The van der Waals surface area contributed by atoms with E-state index in [4.69, 9.17) is 5.73 Å². The van der Waals surface area contributed by atoms with Gasteiger partial charge in [-0.3, -0.25) is 4.90 Å². The summed E-state index contributed by atoms with van der Waals surface area (Å²) in [6.07, 6.45) is 6.41. The first-order chi connectivity index (χ1) is 8.63. The Hall–Kier alpha value is -0.870. The van der Waals surface area contributed by atoms with E-state index in [0.717, 1.165) is 24.9 Å². The Labute approximate surface area is 110 Å². The van der Waals surface area contributed by atoms with E-state index in [9.17, 15) is 0 Å². The predicted molar refractivity (Wildman–Crippen MR) is 74.1 cm³/mol. The van der Waals surface area contributed by atoms with Crippen molar-refractivity contribution in [2.24, 2.45) is 24.6 Å². The molecule has 0 spiro atoms. The average Bonchev–Trinajstić information content (AvgIpc) is 2.78. The molecular weight excluding hydrogens is 224 g/mol. The topological polar surface area (TPSA) is 47.1 Å². The smallest absolute Gasteiger partial charge is 0.0946 e. The van der Waals surface area contributed by atoms with Gasteiger partial charge in [0.05, 0.1) is 18.1 Å². The van der Waals surface area contributed by atoms with E-state index in [2.05, 4.69) is 28.3 Å². The molecule has 1 atom stereocenters. The number of nitrogens with zero attached hydrogens (tertiary/aromatic N) is 3. The molecule has 0 radical (unpaired) electrons. The number of rotatable bonds is 4. The first-order valence-electron chi connectivity index (χ1n) is 7.03. The second kappa shape index (κ2) is 5.85. The van der Waals surface area contributed by atoms with Crippen LogP contribution in [0.15, 0.2) is 12.5 Å². The second-order valence-electron chi connectivity index (χ2n) is 5.80. The highest BCUT2D eigenvalue weighted by atomic mass is 15.2. The molecule has 1 aromatic rings. The van der Waals surface area contributed by atoms with Crippen molar-refractivity contribution in [3.63, 3.8) is 0 Å². The summed E-state index contributed by atoms with van der Waals surface area (Å²) in [5.74, 6) is 1.69. The molecule has 2 N–H and O–H groups in total. The summed E-state index contributed by atoms with van der Waals surface area (Å²) < 4.78 is 2.09. The van der Waals surface area contributed by atoms with Gasteiger partial charge < -0.3 is 10.3 Å². The Kier molecular flexibility index (Phi) is 4.40. The minimum Gasteiger partial charge on any atom is -0.336 e. The van der Waals surface area contributed by atoms with Crippen LogP contribution in [-0.4, -0.2) is 34.1 Å². The molecule has 0 aromatic carbocycles. The van der Waals surface area contributed by atoms with Crippen LogP contribution in [0, 0.1) is 11.8 Å². The van der Waals surface area contributed by atoms with Gasteiger partial charge in [-0.2, -0.15) is 0 Å². The molecule has 1 unspecified atom stereocenters. The monoisotopic (exact) mass is 250 g/mol. The Morgan fingerprint density at radius 3 is 2.50 bits per heavy atom. The van der Waals surface area contributed by atoms with Gasteiger partial charge in [0, 0.05) is 19.8 Å². The van der Waals surface area contributed by atoms with Gasteiger partial charge in [-0.1, -0.05) is 13.8 Å². The molecule has 18 heavy (non-hydrogen) atoms. The van der Waals surface area contributed by atoms with E-state index < -0.39 is 0 Å². The van der Waals surface area contributed by atoms with Crippen molar-refractivity contribution in [1.82, 2.24) is 14.5 Å². The predicted octanol–water partition coefficient (Wildman–Crippen LogP) is 1.79. The quantitative estimate of drug-likeness (QED) is 0.886. The molecule has 1 saturated heterocycles. The van der Waals surface area contributed by atoms with Crippen LogP contribution in [0.2, 0.25) is 0 Å². The molecule has 4 nitrogen and oxygen atoms in total. The summed E-state index contributed by atoms with van der Waals surface area (Å²) in [6.45, 7) is 7.67. The lowest BCUT2D eigenvalue weighted by molar-refractivity contribution is 0.114. The van der Waals surface area contributed by atoms with E-state index in [1.54, 1.807) is 0 Å². The number of hydrogen-bond donors (Lipinski definition) is 1. The molecular formula is C14H26N4. The third-order valence-electron chi connectivity index (χ3n) is 4.38. The standard InChI is InChI=1S/C14H26N4/c1-11(2)12-4-6-18(7-5-12)13(8-15)14-9-16-10-17(14)3/h9-13H,4-8,15H2,1-3H3. The van der Waals surface area contributed by atoms with Crippen molar-refractivity contribution < 1.29 is 0 Å². The zero-order valence-corrected chi connectivity index (χ0v) is 11.8. The summed E-state index contributed by atoms with van der Waals surface area (Å²) in [4.78, 5) is 6.73. The van der Waals surface area contributed by atoms with E-state index in [1.807, 2.05) is 19.6 Å². The van der Waals surface area contributed by atoms with Gasteiger partial charge in [-0.15, -0.1) is 0 Å². The Morgan fingerprint density at radius 2 is 2.06 bits per heavy atom. The maximum Gasteiger partial charge on any atom is 0.0946 e. The van der Waals surface area contributed by atoms with E-state index in [0.29, 0.717) is 12.6 Å². The first-order valence-corrected chi connectivity index (χ1v) is 7.03. The Balaban J connectivity index is 2.01. The van der Waals surface area contributed by atoms with Crippen LogP contribution >= 0.6 is 0 Å². The number of piperidine rings is 1. The van der Waals surface area contributed by atoms with Gasteiger partial charge >= 0.3 is 0 Å². The van der Waals surface area contributed by atoms with Crippen LogP contribution in [-0.2, 0) is 7.05 Å². The molecule has 4 heteroatoms. The van der Waals surface area contributed by atoms with Crippen molar-refractivity contribution in [3.8, 4) is 0 Å². The summed E-state index contributed by atoms with van der Waals surface area (Å²) in [6, 6.07) is 0.325. The third kappa shape index (κ3) is 2.75. The first kappa shape index (κ1) is 13.6. The van der Waals surface area contributed by atoms with Crippen LogP contribution in [0.4, 0.5) is 0 Å². The molecule has 1 aromatic heterocycles. The fraction of sp³-hybridized carbons (Fsp3) is 0.786. The van der Waals surface area contributed by atoms with Crippen molar-refractivity contribution in [2.75, 3.05) is 19.6 Å². The molecule has 2 rings (SSSR count). The van der Waals surface area contributed by atoms with Crippen LogP contribution in [0.3, 0.4) is 0 Å². The molecule has 1 aliphatic rings. The highest BCUT2D eigenvalue weighted by molar-refractivity contribution is 5.06. The van der Waals surface area contributed by atoms with Gasteiger partial charge in [0.15, 0.2) is 0 Å². The lowest BCUT2D eigenvalue weighted by atomic mass is 9.86. The number of aromatic nitrogens is 2. The zero-order valence-electron chi connectivity index (χ0n) is 11.8. The Morgan fingerprint density at radius 1 is 1.39 bits per heavy atom. The molecule has 102 valence electrons. The molecule has 0 aliphatic carbocycles. The highest BCUT2D eigenvalue weighted by Gasteiger charge is 2.27. The number of aryl methyl sites for hydroxylation is 1. The van der Waals surface area contributed by atoms with Gasteiger partial charge in [0.1, 0.15) is 0 Å². The molecule has 1 fully saturated rings. The molecule has 0 saturated carbocycles. The SMILES string of the molecule is CC(C)C1CCN(C(CN)c2cncn2C)CC1. The van der Waals surface area contributed by atoms with Gasteiger partial charge in [-0.25, -0.2) is 4.98 Å². The lowest BCUT2D eigenvalue weighted by Gasteiger charge is -2.38. The minimum atomic E-state index is 0.325. The van der Waals surface area contributed by atoms with E-state index in [-0.39, 0.29) is 0 Å².